The number of furan rings is 1. The van der Waals surface area contributed by atoms with E-state index in [0.717, 1.165) is 15.7 Å². The predicted molar refractivity (Wildman–Crippen MR) is 54.6 cm³/mol. The second kappa shape index (κ2) is 2.88. The Morgan fingerprint density at radius 1 is 1.33 bits per heavy atom. The van der Waals surface area contributed by atoms with Gasteiger partial charge < -0.3 is 9.62 Å². The van der Waals surface area contributed by atoms with Crippen molar-refractivity contribution < 1.29 is 9.62 Å². The molecule has 3 aromatic heterocycles. The van der Waals surface area contributed by atoms with Gasteiger partial charge in [0.25, 0.3) is 0 Å². The molecular weight excluding hydrogens is 192 g/mol. The van der Waals surface area contributed by atoms with Gasteiger partial charge in [0.15, 0.2) is 0 Å². The van der Waals surface area contributed by atoms with Crippen molar-refractivity contribution in [1.82, 2.24) is 9.71 Å². The Balaban J connectivity index is 2.33. The Morgan fingerprint density at radius 3 is 3.00 bits per heavy atom. The van der Waals surface area contributed by atoms with Crippen molar-refractivity contribution >= 4 is 10.9 Å². The minimum atomic E-state index is 0.689. The molecule has 0 spiro atoms. The minimum absolute atomic E-state index is 0.689. The molecule has 1 N–H and O–H groups in total. The first-order valence-electron chi connectivity index (χ1n) is 4.53. The third-order valence-electron chi connectivity index (χ3n) is 2.40. The van der Waals surface area contributed by atoms with Crippen LogP contribution < -0.4 is 0 Å². The van der Waals surface area contributed by atoms with Crippen molar-refractivity contribution in [3.63, 3.8) is 0 Å². The van der Waals surface area contributed by atoms with Crippen LogP contribution in [0, 0.1) is 0 Å². The van der Waals surface area contributed by atoms with Gasteiger partial charge in [-0.05, 0) is 18.2 Å². The van der Waals surface area contributed by atoms with Gasteiger partial charge in [-0.2, -0.15) is 4.73 Å². The molecule has 4 heteroatoms. The molecule has 0 aliphatic rings. The Kier molecular flexibility index (Phi) is 1.56. The van der Waals surface area contributed by atoms with Crippen molar-refractivity contribution in [2.24, 2.45) is 0 Å². The summed E-state index contributed by atoms with van der Waals surface area (Å²) in [5, 5.41) is 10.8. The van der Waals surface area contributed by atoms with Gasteiger partial charge in [-0.3, -0.25) is 4.98 Å². The zero-order valence-corrected chi connectivity index (χ0v) is 7.79. The fourth-order valence-electron chi connectivity index (χ4n) is 1.65. The monoisotopic (exact) mass is 200 g/mol. The van der Waals surface area contributed by atoms with Crippen molar-refractivity contribution in [2.75, 3.05) is 0 Å². The molecule has 0 aliphatic carbocycles. The number of aromatic nitrogens is 2. The quantitative estimate of drug-likeness (QED) is 0.614. The summed E-state index contributed by atoms with van der Waals surface area (Å²) in [4.78, 5) is 3.96. The number of hydrogen-bond donors (Lipinski definition) is 1. The first-order chi connectivity index (χ1) is 7.36. The highest BCUT2D eigenvalue weighted by molar-refractivity contribution is 5.85. The van der Waals surface area contributed by atoms with E-state index in [-0.39, 0.29) is 0 Å². The van der Waals surface area contributed by atoms with E-state index in [1.807, 2.05) is 12.1 Å². The highest BCUT2D eigenvalue weighted by Gasteiger charge is 2.10. The Hall–Kier alpha value is -2.23. The minimum Gasteiger partial charge on any atom is -0.472 e. The van der Waals surface area contributed by atoms with E-state index in [4.69, 9.17) is 4.42 Å². The van der Waals surface area contributed by atoms with E-state index in [0.29, 0.717) is 11.2 Å². The van der Waals surface area contributed by atoms with Crippen LogP contribution in [0.15, 0.2) is 47.5 Å². The fraction of sp³-hybridized carbons (Fsp3) is 0. The van der Waals surface area contributed by atoms with Gasteiger partial charge in [0.05, 0.1) is 24.4 Å². The topological polar surface area (TPSA) is 51.2 Å². The van der Waals surface area contributed by atoms with Crippen molar-refractivity contribution in [3.05, 3.63) is 43.1 Å². The number of hydrogen-bond acceptors (Lipinski definition) is 3. The molecule has 15 heavy (non-hydrogen) atoms. The number of fused-ring (bicyclic) bond motifs is 1. The summed E-state index contributed by atoms with van der Waals surface area (Å²) in [6, 6.07) is 5.54. The van der Waals surface area contributed by atoms with Crippen LogP contribution in [0.4, 0.5) is 0 Å². The maximum Gasteiger partial charge on any atom is 0.106 e. The van der Waals surface area contributed by atoms with Crippen LogP contribution in [-0.2, 0) is 0 Å². The molecule has 0 fully saturated rings. The third-order valence-corrected chi connectivity index (χ3v) is 2.40. The van der Waals surface area contributed by atoms with Crippen molar-refractivity contribution in [1.29, 1.82) is 0 Å². The van der Waals surface area contributed by atoms with Gasteiger partial charge in [0.2, 0.25) is 0 Å². The van der Waals surface area contributed by atoms with Gasteiger partial charge in [0.1, 0.15) is 5.52 Å². The summed E-state index contributed by atoms with van der Waals surface area (Å²) in [7, 11) is 0. The van der Waals surface area contributed by atoms with Crippen LogP contribution >= 0.6 is 0 Å². The molecule has 3 heterocycles. The third kappa shape index (κ3) is 1.11. The van der Waals surface area contributed by atoms with E-state index < -0.39 is 0 Å². The first-order valence-corrected chi connectivity index (χ1v) is 4.53. The Labute approximate surface area is 85.4 Å². The second-order valence-electron chi connectivity index (χ2n) is 3.29. The molecule has 0 atom stereocenters. The van der Waals surface area contributed by atoms with Crippen molar-refractivity contribution in [3.8, 4) is 11.3 Å². The second-order valence-corrected chi connectivity index (χ2v) is 3.29. The zero-order chi connectivity index (χ0) is 10.3. The van der Waals surface area contributed by atoms with E-state index in [1.54, 1.807) is 31.0 Å². The van der Waals surface area contributed by atoms with E-state index in [2.05, 4.69) is 4.98 Å². The summed E-state index contributed by atoms with van der Waals surface area (Å²) < 4.78 is 6.10. The Bertz CT molecular complexity index is 596. The van der Waals surface area contributed by atoms with Crippen LogP contribution in [0.2, 0.25) is 0 Å². The highest BCUT2D eigenvalue weighted by atomic mass is 16.5. The lowest BCUT2D eigenvalue weighted by Crippen LogP contribution is -1.91. The smallest absolute Gasteiger partial charge is 0.106 e. The maximum absolute atomic E-state index is 9.90. The van der Waals surface area contributed by atoms with Crippen LogP contribution in [0.3, 0.4) is 0 Å². The molecule has 3 aromatic rings. The summed E-state index contributed by atoms with van der Waals surface area (Å²) >= 11 is 0. The van der Waals surface area contributed by atoms with Gasteiger partial charge in [-0.1, -0.05) is 0 Å². The van der Waals surface area contributed by atoms with Gasteiger partial charge in [0, 0.05) is 17.1 Å². The predicted octanol–water partition coefficient (Wildman–Crippen LogP) is 2.53. The van der Waals surface area contributed by atoms with Crippen LogP contribution in [0.1, 0.15) is 0 Å². The molecule has 0 bridgehead atoms. The lowest BCUT2D eigenvalue weighted by atomic mass is 10.2. The average molecular weight is 200 g/mol. The number of nitrogens with zero attached hydrogens (tertiary/aromatic N) is 2. The maximum atomic E-state index is 9.90. The van der Waals surface area contributed by atoms with Gasteiger partial charge in [-0.25, -0.2) is 0 Å². The van der Waals surface area contributed by atoms with Crippen molar-refractivity contribution in [2.45, 2.75) is 0 Å². The molecule has 4 nitrogen and oxygen atoms in total. The zero-order valence-electron chi connectivity index (χ0n) is 7.79. The molecule has 0 unspecified atom stereocenters. The lowest BCUT2D eigenvalue weighted by Gasteiger charge is -1.98. The molecule has 3 rings (SSSR count). The molecule has 0 aliphatic heterocycles. The largest absolute Gasteiger partial charge is 0.472 e. The summed E-state index contributed by atoms with van der Waals surface area (Å²) in [6.07, 6.45) is 6.49. The van der Waals surface area contributed by atoms with Gasteiger partial charge in [-0.15, -0.1) is 0 Å². The summed E-state index contributed by atoms with van der Waals surface area (Å²) in [6.45, 7) is 0. The fourth-order valence-corrected chi connectivity index (χ4v) is 1.65. The van der Waals surface area contributed by atoms with Crippen LogP contribution in [0.5, 0.6) is 0 Å². The van der Waals surface area contributed by atoms with E-state index >= 15 is 0 Å². The summed E-state index contributed by atoms with van der Waals surface area (Å²) in [5.74, 6) is 0. The Morgan fingerprint density at radius 2 is 2.27 bits per heavy atom. The van der Waals surface area contributed by atoms with Crippen LogP contribution in [0.25, 0.3) is 22.2 Å². The van der Waals surface area contributed by atoms with Crippen LogP contribution in [-0.4, -0.2) is 14.9 Å². The van der Waals surface area contributed by atoms with Gasteiger partial charge >= 0.3 is 0 Å². The molecule has 0 amide bonds. The molecule has 0 radical (unpaired) electrons. The lowest BCUT2D eigenvalue weighted by molar-refractivity contribution is 0.204. The molecule has 0 aromatic carbocycles. The molecule has 0 saturated carbocycles. The van der Waals surface area contributed by atoms with E-state index in [9.17, 15) is 5.21 Å². The number of pyridine rings is 1. The first kappa shape index (κ1) is 8.11. The number of rotatable bonds is 1. The molecule has 0 saturated heterocycles. The average Bonchev–Trinajstić information content (AvgIpc) is 2.87. The summed E-state index contributed by atoms with van der Waals surface area (Å²) in [5.41, 5.74) is 2.23. The molecular formula is C11H8N2O2. The van der Waals surface area contributed by atoms with E-state index in [1.165, 1.54) is 0 Å². The molecule has 74 valence electrons. The highest BCUT2D eigenvalue weighted by Crippen LogP contribution is 2.26. The normalized spacial score (nSPS) is 10.9. The SMILES string of the molecule is On1c(-c2ccoc2)cc2ccncc21. The standard InChI is InChI=1S/C11H8N2O2/c14-13-10(9-2-4-15-7-9)5-8-1-3-12-6-11(8)13/h1-7,14H.